The van der Waals surface area contributed by atoms with E-state index in [0.717, 1.165) is 12.3 Å². The fourth-order valence-electron chi connectivity index (χ4n) is 1.88. The summed E-state index contributed by atoms with van der Waals surface area (Å²) in [6, 6.07) is 2.61. The first-order valence-electron chi connectivity index (χ1n) is 6.06. The van der Waals surface area contributed by atoms with E-state index in [0.29, 0.717) is 6.04 Å². The lowest BCUT2D eigenvalue weighted by atomic mass is 10.0. The van der Waals surface area contributed by atoms with Crippen LogP contribution in [-0.2, 0) is 0 Å². The summed E-state index contributed by atoms with van der Waals surface area (Å²) in [5.74, 6) is 1.00. The van der Waals surface area contributed by atoms with Crippen molar-refractivity contribution < 1.29 is 4.42 Å². The molecule has 0 aliphatic rings. The van der Waals surface area contributed by atoms with Crippen LogP contribution < -0.4 is 5.32 Å². The number of aryl methyl sites for hydroxylation is 1. The van der Waals surface area contributed by atoms with Gasteiger partial charge in [-0.1, -0.05) is 33.1 Å². The summed E-state index contributed by atoms with van der Waals surface area (Å²) < 4.78 is 5.36. The van der Waals surface area contributed by atoms with Crippen molar-refractivity contribution in [2.75, 3.05) is 6.54 Å². The summed E-state index contributed by atoms with van der Waals surface area (Å²) in [7, 11) is 0. The molecule has 0 radical (unpaired) electrons. The van der Waals surface area contributed by atoms with E-state index < -0.39 is 0 Å². The van der Waals surface area contributed by atoms with Gasteiger partial charge in [-0.25, -0.2) is 0 Å². The number of nitrogens with one attached hydrogen (secondary N) is 1. The number of hydrogen-bond donors (Lipinski definition) is 1. The second-order valence-corrected chi connectivity index (χ2v) is 4.10. The third kappa shape index (κ3) is 4.08. The van der Waals surface area contributed by atoms with Crippen LogP contribution in [0.25, 0.3) is 0 Å². The molecule has 1 aromatic heterocycles. The molecule has 0 saturated heterocycles. The Hall–Kier alpha value is -0.760. The highest BCUT2D eigenvalue weighted by Gasteiger charge is 2.11. The molecule has 0 aliphatic carbocycles. The predicted octanol–water partition coefficient (Wildman–Crippen LogP) is 3.82. The number of hydrogen-bond acceptors (Lipinski definition) is 2. The van der Waals surface area contributed by atoms with Crippen LogP contribution in [0.1, 0.15) is 56.9 Å². The highest BCUT2D eigenvalue weighted by Crippen LogP contribution is 2.21. The number of furan rings is 1. The van der Waals surface area contributed by atoms with E-state index in [2.05, 4.69) is 25.2 Å². The van der Waals surface area contributed by atoms with Crippen molar-refractivity contribution >= 4 is 0 Å². The summed E-state index contributed by atoms with van der Waals surface area (Å²) in [5.41, 5.74) is 1.30. The number of rotatable bonds is 7. The van der Waals surface area contributed by atoms with Crippen LogP contribution in [0.2, 0.25) is 0 Å². The lowest BCUT2D eigenvalue weighted by Crippen LogP contribution is -2.20. The molecule has 15 heavy (non-hydrogen) atoms. The largest absolute Gasteiger partial charge is 0.469 e. The van der Waals surface area contributed by atoms with Gasteiger partial charge in [-0.3, -0.25) is 0 Å². The van der Waals surface area contributed by atoms with Crippen molar-refractivity contribution in [2.24, 2.45) is 0 Å². The minimum atomic E-state index is 0.471. The topological polar surface area (TPSA) is 25.2 Å². The van der Waals surface area contributed by atoms with E-state index >= 15 is 0 Å². The third-order valence-corrected chi connectivity index (χ3v) is 2.70. The summed E-state index contributed by atoms with van der Waals surface area (Å²) in [6.45, 7) is 7.41. The first-order valence-corrected chi connectivity index (χ1v) is 6.06. The van der Waals surface area contributed by atoms with Gasteiger partial charge in [0.2, 0.25) is 0 Å². The Morgan fingerprint density at radius 3 is 2.67 bits per heavy atom. The van der Waals surface area contributed by atoms with Gasteiger partial charge in [0.15, 0.2) is 0 Å². The Labute approximate surface area is 93.1 Å². The molecule has 2 heteroatoms. The maximum absolute atomic E-state index is 5.36. The normalized spacial score (nSPS) is 13.0. The summed E-state index contributed by atoms with van der Waals surface area (Å²) in [6.07, 6.45) is 6.98. The molecule has 0 amide bonds. The molecule has 0 aliphatic heterocycles. The van der Waals surface area contributed by atoms with Crippen LogP contribution in [0.3, 0.4) is 0 Å². The van der Waals surface area contributed by atoms with Gasteiger partial charge in [-0.2, -0.15) is 0 Å². The molecule has 1 unspecified atom stereocenters. The number of unbranched alkanes of at least 4 members (excludes halogenated alkanes) is 2. The zero-order valence-electron chi connectivity index (χ0n) is 10.2. The molecule has 0 aromatic carbocycles. The SMILES string of the molecule is CCCCCC(NCC)c1coc(C)c1. The Kier molecular flexibility index (Phi) is 5.48. The van der Waals surface area contributed by atoms with Gasteiger partial charge in [0.25, 0.3) is 0 Å². The van der Waals surface area contributed by atoms with Crippen LogP contribution in [0.15, 0.2) is 16.7 Å². The fourth-order valence-corrected chi connectivity index (χ4v) is 1.88. The van der Waals surface area contributed by atoms with E-state index in [1.807, 2.05) is 13.2 Å². The molecule has 1 heterocycles. The molecule has 1 atom stereocenters. The Bertz CT molecular complexity index is 267. The first kappa shape index (κ1) is 12.3. The summed E-state index contributed by atoms with van der Waals surface area (Å²) >= 11 is 0. The molecular formula is C13H23NO. The second-order valence-electron chi connectivity index (χ2n) is 4.10. The van der Waals surface area contributed by atoms with Crippen LogP contribution in [0, 0.1) is 6.92 Å². The average Bonchev–Trinajstić information content (AvgIpc) is 2.64. The summed E-state index contributed by atoms with van der Waals surface area (Å²) in [5, 5.41) is 3.51. The van der Waals surface area contributed by atoms with Gasteiger partial charge in [0.1, 0.15) is 5.76 Å². The van der Waals surface area contributed by atoms with Crippen LogP contribution in [0.4, 0.5) is 0 Å². The van der Waals surface area contributed by atoms with Crippen LogP contribution in [-0.4, -0.2) is 6.54 Å². The highest BCUT2D eigenvalue weighted by atomic mass is 16.3. The molecule has 0 bridgehead atoms. The quantitative estimate of drug-likeness (QED) is 0.691. The van der Waals surface area contributed by atoms with Gasteiger partial charge in [-0.15, -0.1) is 0 Å². The molecular weight excluding hydrogens is 186 g/mol. The van der Waals surface area contributed by atoms with Crippen molar-refractivity contribution in [3.05, 3.63) is 23.7 Å². The smallest absolute Gasteiger partial charge is 0.101 e. The zero-order valence-corrected chi connectivity index (χ0v) is 10.2. The van der Waals surface area contributed by atoms with Crippen LogP contribution >= 0.6 is 0 Å². The highest BCUT2D eigenvalue weighted by molar-refractivity contribution is 5.16. The van der Waals surface area contributed by atoms with Crippen LogP contribution in [0.5, 0.6) is 0 Å². The third-order valence-electron chi connectivity index (χ3n) is 2.70. The van der Waals surface area contributed by atoms with Gasteiger partial charge in [-0.05, 0) is 26.0 Å². The maximum Gasteiger partial charge on any atom is 0.101 e. The Morgan fingerprint density at radius 1 is 1.33 bits per heavy atom. The second kappa shape index (κ2) is 6.67. The zero-order chi connectivity index (χ0) is 11.1. The van der Waals surface area contributed by atoms with Crippen molar-refractivity contribution in [1.82, 2.24) is 5.32 Å². The molecule has 0 saturated carbocycles. The van der Waals surface area contributed by atoms with Gasteiger partial charge in [0, 0.05) is 11.6 Å². The molecule has 86 valence electrons. The molecule has 1 rings (SSSR count). The Morgan fingerprint density at radius 2 is 2.13 bits per heavy atom. The predicted molar refractivity (Wildman–Crippen MR) is 64.0 cm³/mol. The summed E-state index contributed by atoms with van der Waals surface area (Å²) in [4.78, 5) is 0. The minimum absolute atomic E-state index is 0.471. The van der Waals surface area contributed by atoms with E-state index in [9.17, 15) is 0 Å². The molecule has 0 spiro atoms. The molecule has 1 aromatic rings. The van der Waals surface area contributed by atoms with E-state index in [1.54, 1.807) is 0 Å². The van der Waals surface area contributed by atoms with Crippen molar-refractivity contribution in [3.8, 4) is 0 Å². The average molecular weight is 209 g/mol. The van der Waals surface area contributed by atoms with E-state index in [-0.39, 0.29) is 0 Å². The molecule has 0 fully saturated rings. The van der Waals surface area contributed by atoms with E-state index in [1.165, 1.54) is 31.2 Å². The minimum Gasteiger partial charge on any atom is -0.469 e. The van der Waals surface area contributed by atoms with Crippen molar-refractivity contribution in [2.45, 2.75) is 52.5 Å². The van der Waals surface area contributed by atoms with Gasteiger partial charge in [0.05, 0.1) is 6.26 Å². The van der Waals surface area contributed by atoms with Gasteiger partial charge < -0.3 is 9.73 Å². The van der Waals surface area contributed by atoms with Crippen molar-refractivity contribution in [1.29, 1.82) is 0 Å². The van der Waals surface area contributed by atoms with Crippen molar-refractivity contribution in [3.63, 3.8) is 0 Å². The Balaban J connectivity index is 2.49. The monoisotopic (exact) mass is 209 g/mol. The van der Waals surface area contributed by atoms with Gasteiger partial charge >= 0.3 is 0 Å². The lowest BCUT2D eigenvalue weighted by Gasteiger charge is -2.15. The first-order chi connectivity index (χ1) is 7.27. The van der Waals surface area contributed by atoms with E-state index in [4.69, 9.17) is 4.42 Å². The lowest BCUT2D eigenvalue weighted by molar-refractivity contribution is 0.475. The maximum atomic E-state index is 5.36. The standard InChI is InChI=1S/C13H23NO/c1-4-6-7-8-13(14-5-2)12-9-11(3)15-10-12/h9-10,13-14H,4-8H2,1-3H3. The molecule has 2 nitrogen and oxygen atoms in total. The molecule has 1 N–H and O–H groups in total. The fraction of sp³-hybridized carbons (Fsp3) is 0.692.